The van der Waals surface area contributed by atoms with Crippen LogP contribution in [0.3, 0.4) is 0 Å². The van der Waals surface area contributed by atoms with Gasteiger partial charge in [-0.15, -0.1) is 0 Å². The summed E-state index contributed by atoms with van der Waals surface area (Å²) in [5.41, 5.74) is 6.56. The summed E-state index contributed by atoms with van der Waals surface area (Å²) in [5.74, 6) is 1.25. The molecular weight excluding hydrogens is 252 g/mol. The Morgan fingerprint density at radius 2 is 2.05 bits per heavy atom. The van der Waals surface area contributed by atoms with Crippen molar-refractivity contribution in [2.45, 2.75) is 46.2 Å². The molecule has 3 N–H and O–H groups in total. The number of amides is 1. The van der Waals surface area contributed by atoms with Crippen molar-refractivity contribution in [3.63, 3.8) is 0 Å². The number of carbonyl (C=O) groups is 1. The fourth-order valence-electron chi connectivity index (χ4n) is 1.88. The van der Waals surface area contributed by atoms with E-state index in [2.05, 4.69) is 19.2 Å². The topological polar surface area (TPSA) is 64.3 Å². The van der Waals surface area contributed by atoms with Crippen molar-refractivity contribution in [3.8, 4) is 5.75 Å². The molecule has 0 bridgehead atoms. The molecule has 0 aromatic heterocycles. The highest BCUT2D eigenvalue weighted by atomic mass is 16.5. The van der Waals surface area contributed by atoms with E-state index < -0.39 is 0 Å². The number of nitrogens with two attached hydrogens (primary N) is 1. The molecule has 0 spiro atoms. The van der Waals surface area contributed by atoms with E-state index in [4.69, 9.17) is 10.5 Å². The van der Waals surface area contributed by atoms with Gasteiger partial charge in [-0.05, 0) is 43.4 Å². The number of nitrogens with one attached hydrogen (secondary N) is 1. The van der Waals surface area contributed by atoms with E-state index in [1.165, 1.54) is 0 Å². The Morgan fingerprint density at radius 1 is 1.30 bits per heavy atom. The van der Waals surface area contributed by atoms with Gasteiger partial charge in [0.2, 0.25) is 0 Å². The van der Waals surface area contributed by atoms with Crippen LogP contribution in [-0.2, 0) is 11.3 Å². The van der Waals surface area contributed by atoms with Crippen LogP contribution in [0.5, 0.6) is 5.75 Å². The molecule has 0 radical (unpaired) electrons. The fourth-order valence-corrected chi connectivity index (χ4v) is 1.88. The molecule has 0 aliphatic rings. The second kappa shape index (κ2) is 8.59. The summed E-state index contributed by atoms with van der Waals surface area (Å²) < 4.78 is 5.47. The van der Waals surface area contributed by atoms with Gasteiger partial charge in [0.15, 0.2) is 6.61 Å². The lowest BCUT2D eigenvalue weighted by Gasteiger charge is -2.15. The highest BCUT2D eigenvalue weighted by Gasteiger charge is 2.09. The molecule has 4 nitrogen and oxygen atoms in total. The van der Waals surface area contributed by atoms with Crippen LogP contribution in [0, 0.1) is 5.92 Å². The van der Waals surface area contributed by atoms with Gasteiger partial charge < -0.3 is 15.8 Å². The first-order valence-electron chi connectivity index (χ1n) is 7.22. The van der Waals surface area contributed by atoms with Gasteiger partial charge >= 0.3 is 0 Å². The summed E-state index contributed by atoms with van der Waals surface area (Å²) in [6, 6.07) is 7.68. The third kappa shape index (κ3) is 6.57. The van der Waals surface area contributed by atoms with Crippen molar-refractivity contribution < 1.29 is 9.53 Å². The van der Waals surface area contributed by atoms with Crippen molar-refractivity contribution >= 4 is 5.91 Å². The lowest BCUT2D eigenvalue weighted by molar-refractivity contribution is -0.123. The molecule has 1 amide bonds. The molecule has 1 rings (SSSR count). The lowest BCUT2D eigenvalue weighted by atomic mass is 10.0. The average molecular weight is 278 g/mol. The van der Waals surface area contributed by atoms with Crippen LogP contribution in [0.1, 0.15) is 39.2 Å². The Bertz CT molecular complexity index is 419. The van der Waals surface area contributed by atoms with Gasteiger partial charge in [0.1, 0.15) is 5.75 Å². The summed E-state index contributed by atoms with van der Waals surface area (Å²) >= 11 is 0. The Hall–Kier alpha value is -1.55. The van der Waals surface area contributed by atoms with Crippen molar-refractivity contribution in [2.75, 3.05) is 6.61 Å². The fraction of sp³-hybridized carbons (Fsp3) is 0.562. The average Bonchev–Trinajstić information content (AvgIpc) is 2.43. The molecule has 1 aromatic rings. The molecule has 0 saturated heterocycles. The highest BCUT2D eigenvalue weighted by Crippen LogP contribution is 2.12. The standard InChI is InChI=1S/C16H26N2O2/c1-12(2)7-8-13(3)18-16(19)11-20-15-6-4-5-14(9-15)10-17/h4-6,9,12-13H,7-8,10-11,17H2,1-3H3,(H,18,19). The van der Waals surface area contributed by atoms with Crippen LogP contribution in [0.15, 0.2) is 24.3 Å². The Morgan fingerprint density at radius 3 is 2.70 bits per heavy atom. The predicted octanol–water partition coefficient (Wildman–Crippen LogP) is 2.46. The first kappa shape index (κ1) is 16.5. The molecule has 0 heterocycles. The minimum atomic E-state index is -0.0839. The molecule has 0 fully saturated rings. The van der Waals surface area contributed by atoms with Gasteiger partial charge in [-0.2, -0.15) is 0 Å². The summed E-state index contributed by atoms with van der Waals surface area (Å²) in [6.45, 7) is 6.90. The quantitative estimate of drug-likeness (QED) is 0.767. The van der Waals surface area contributed by atoms with Crippen LogP contribution in [0.25, 0.3) is 0 Å². The Kier molecular flexibility index (Phi) is 7.09. The van der Waals surface area contributed by atoms with Crippen LogP contribution in [0.4, 0.5) is 0 Å². The normalized spacial score (nSPS) is 12.2. The zero-order chi connectivity index (χ0) is 15.0. The predicted molar refractivity (Wildman–Crippen MR) is 81.5 cm³/mol. The van der Waals surface area contributed by atoms with Gasteiger partial charge in [0.25, 0.3) is 5.91 Å². The molecule has 20 heavy (non-hydrogen) atoms. The third-order valence-corrected chi connectivity index (χ3v) is 3.09. The van der Waals surface area contributed by atoms with Gasteiger partial charge in [0.05, 0.1) is 0 Å². The lowest BCUT2D eigenvalue weighted by Crippen LogP contribution is -2.36. The second-order valence-electron chi connectivity index (χ2n) is 5.58. The monoisotopic (exact) mass is 278 g/mol. The van der Waals surface area contributed by atoms with E-state index in [1.54, 1.807) is 0 Å². The number of benzene rings is 1. The SMILES string of the molecule is CC(C)CCC(C)NC(=O)COc1cccc(CN)c1. The van der Waals surface area contributed by atoms with Gasteiger partial charge in [-0.25, -0.2) is 0 Å². The summed E-state index contributed by atoms with van der Waals surface area (Å²) in [4.78, 5) is 11.8. The first-order chi connectivity index (χ1) is 9.51. The van der Waals surface area contributed by atoms with Crippen LogP contribution in [0.2, 0.25) is 0 Å². The van der Waals surface area contributed by atoms with E-state index in [0.717, 1.165) is 18.4 Å². The smallest absolute Gasteiger partial charge is 0.258 e. The van der Waals surface area contributed by atoms with Crippen molar-refractivity contribution in [2.24, 2.45) is 11.7 Å². The summed E-state index contributed by atoms with van der Waals surface area (Å²) in [5, 5.41) is 2.95. The number of rotatable bonds is 8. The highest BCUT2D eigenvalue weighted by molar-refractivity contribution is 5.77. The molecule has 0 aliphatic carbocycles. The minimum Gasteiger partial charge on any atom is -0.484 e. The largest absolute Gasteiger partial charge is 0.484 e. The number of ether oxygens (including phenoxy) is 1. The molecule has 112 valence electrons. The van der Waals surface area contributed by atoms with Crippen molar-refractivity contribution in [3.05, 3.63) is 29.8 Å². The van der Waals surface area contributed by atoms with E-state index in [0.29, 0.717) is 18.2 Å². The molecule has 1 atom stereocenters. The van der Waals surface area contributed by atoms with E-state index in [-0.39, 0.29) is 18.6 Å². The van der Waals surface area contributed by atoms with Crippen LogP contribution in [-0.4, -0.2) is 18.6 Å². The number of carbonyl (C=O) groups excluding carboxylic acids is 1. The summed E-state index contributed by atoms with van der Waals surface area (Å²) in [6.07, 6.45) is 2.10. The molecule has 1 unspecified atom stereocenters. The van der Waals surface area contributed by atoms with Crippen molar-refractivity contribution in [1.29, 1.82) is 0 Å². The van der Waals surface area contributed by atoms with Gasteiger partial charge in [-0.1, -0.05) is 26.0 Å². The van der Waals surface area contributed by atoms with Crippen molar-refractivity contribution in [1.82, 2.24) is 5.32 Å². The van der Waals surface area contributed by atoms with E-state index >= 15 is 0 Å². The third-order valence-electron chi connectivity index (χ3n) is 3.09. The zero-order valence-corrected chi connectivity index (χ0v) is 12.7. The molecule has 0 aliphatic heterocycles. The van der Waals surface area contributed by atoms with E-state index in [1.807, 2.05) is 31.2 Å². The number of hydrogen-bond donors (Lipinski definition) is 2. The maximum atomic E-state index is 11.8. The maximum absolute atomic E-state index is 11.8. The number of hydrogen-bond acceptors (Lipinski definition) is 3. The zero-order valence-electron chi connectivity index (χ0n) is 12.7. The first-order valence-corrected chi connectivity index (χ1v) is 7.22. The molecule has 1 aromatic carbocycles. The van der Waals surface area contributed by atoms with Gasteiger partial charge in [0, 0.05) is 12.6 Å². The molecule has 4 heteroatoms. The van der Waals surface area contributed by atoms with E-state index in [9.17, 15) is 4.79 Å². The Labute approximate surface area is 121 Å². The van der Waals surface area contributed by atoms with Crippen LogP contribution < -0.4 is 15.8 Å². The second-order valence-corrected chi connectivity index (χ2v) is 5.58. The maximum Gasteiger partial charge on any atom is 0.258 e. The minimum absolute atomic E-state index is 0.0417. The molecule has 0 saturated carbocycles. The van der Waals surface area contributed by atoms with Crippen LogP contribution >= 0.6 is 0 Å². The Balaban J connectivity index is 2.31. The summed E-state index contributed by atoms with van der Waals surface area (Å²) in [7, 11) is 0. The molecular formula is C16H26N2O2. The van der Waals surface area contributed by atoms with Gasteiger partial charge in [-0.3, -0.25) is 4.79 Å².